The molecule has 0 bridgehead atoms. The van der Waals surface area contributed by atoms with Gasteiger partial charge in [0.25, 0.3) is 0 Å². The molecular weight excluding hydrogens is 375 g/mol. The smallest absolute Gasteiger partial charge is 0.387 e. The van der Waals surface area contributed by atoms with Gasteiger partial charge < -0.3 is 15.4 Å². The summed E-state index contributed by atoms with van der Waals surface area (Å²) in [5, 5.41) is 10.5. The predicted octanol–water partition coefficient (Wildman–Crippen LogP) is 3.19. The summed E-state index contributed by atoms with van der Waals surface area (Å²) in [6.45, 7) is -2.35. The van der Waals surface area contributed by atoms with E-state index in [1.165, 1.54) is 12.1 Å². The average Bonchev–Trinajstić information content (AvgIpc) is 2.95. The lowest BCUT2D eigenvalue weighted by Crippen LogP contribution is -2.36. The number of nitrogens with zero attached hydrogens (tertiary/aromatic N) is 3. The van der Waals surface area contributed by atoms with E-state index in [1.807, 2.05) is 13.1 Å². The zero-order valence-electron chi connectivity index (χ0n) is 13.6. The van der Waals surface area contributed by atoms with Crippen molar-refractivity contribution in [2.45, 2.75) is 19.7 Å². The van der Waals surface area contributed by atoms with Gasteiger partial charge in [0, 0.05) is 37.4 Å². The Kier molecular flexibility index (Phi) is 6.83. The van der Waals surface area contributed by atoms with Crippen LogP contribution in [0, 0.1) is 0 Å². The third-order valence-corrected chi connectivity index (χ3v) is 3.82. The highest BCUT2D eigenvalue weighted by atomic mass is 35.5. The molecule has 0 aliphatic heterocycles. The van der Waals surface area contributed by atoms with Crippen LogP contribution in [0.25, 0.3) is 0 Å². The number of alkyl halides is 2. The molecule has 0 radical (unpaired) electrons. The summed E-state index contributed by atoms with van der Waals surface area (Å²) in [5.41, 5.74) is 1.34. The Bertz CT molecular complexity index is 752. The van der Waals surface area contributed by atoms with Gasteiger partial charge in [0.2, 0.25) is 0 Å². The van der Waals surface area contributed by atoms with E-state index in [0.29, 0.717) is 23.1 Å². The van der Waals surface area contributed by atoms with E-state index in [1.54, 1.807) is 17.9 Å². The predicted molar refractivity (Wildman–Crippen MR) is 93.3 cm³/mol. The monoisotopic (exact) mass is 391 g/mol. The Balaban J connectivity index is 2.04. The first-order chi connectivity index (χ1) is 11.9. The summed E-state index contributed by atoms with van der Waals surface area (Å²) in [6, 6.07) is 4.72. The van der Waals surface area contributed by atoms with Gasteiger partial charge in [-0.1, -0.05) is 23.2 Å². The number of guanidine groups is 1. The maximum atomic E-state index is 12.6. The lowest BCUT2D eigenvalue weighted by Gasteiger charge is -2.16. The molecule has 6 nitrogen and oxygen atoms in total. The molecule has 2 rings (SSSR count). The second kappa shape index (κ2) is 8.87. The second-order valence-corrected chi connectivity index (χ2v) is 5.82. The average molecular weight is 392 g/mol. The third kappa shape index (κ3) is 5.47. The van der Waals surface area contributed by atoms with Crippen LogP contribution in [0.4, 0.5) is 8.78 Å². The zero-order valence-corrected chi connectivity index (χ0v) is 15.1. The minimum absolute atomic E-state index is 0.0161. The molecule has 0 unspecified atom stereocenters. The summed E-state index contributed by atoms with van der Waals surface area (Å²) in [5.74, 6) is 0.357. The first-order valence-electron chi connectivity index (χ1n) is 7.24. The summed E-state index contributed by atoms with van der Waals surface area (Å²) in [7, 11) is 3.43. The van der Waals surface area contributed by atoms with E-state index in [9.17, 15) is 8.78 Å². The third-order valence-electron chi connectivity index (χ3n) is 3.32. The van der Waals surface area contributed by atoms with Crippen LogP contribution in [0.3, 0.4) is 0 Å². The first-order valence-corrected chi connectivity index (χ1v) is 8.00. The molecule has 0 amide bonds. The van der Waals surface area contributed by atoms with E-state index < -0.39 is 6.61 Å². The minimum atomic E-state index is -2.99. The van der Waals surface area contributed by atoms with Crippen molar-refractivity contribution in [1.29, 1.82) is 0 Å². The van der Waals surface area contributed by atoms with Crippen LogP contribution in [0.5, 0.6) is 5.75 Å². The Morgan fingerprint density at radius 2 is 2.04 bits per heavy atom. The quantitative estimate of drug-likeness (QED) is 0.586. The van der Waals surface area contributed by atoms with Gasteiger partial charge in [0.1, 0.15) is 5.75 Å². The van der Waals surface area contributed by atoms with Crippen molar-refractivity contribution in [3.05, 3.63) is 45.7 Å². The van der Waals surface area contributed by atoms with Crippen molar-refractivity contribution >= 4 is 29.2 Å². The first kappa shape index (κ1) is 19.3. The fourth-order valence-electron chi connectivity index (χ4n) is 2.11. The number of aromatic nitrogens is 2. The topological polar surface area (TPSA) is 63.5 Å². The van der Waals surface area contributed by atoms with Gasteiger partial charge in [-0.2, -0.15) is 13.9 Å². The van der Waals surface area contributed by atoms with Crippen LogP contribution in [0.15, 0.2) is 29.4 Å². The number of halogens is 4. The van der Waals surface area contributed by atoms with Gasteiger partial charge in [0.05, 0.1) is 17.3 Å². The van der Waals surface area contributed by atoms with Gasteiger partial charge in [-0.05, 0) is 18.2 Å². The molecule has 0 saturated heterocycles. The largest absolute Gasteiger partial charge is 0.433 e. The lowest BCUT2D eigenvalue weighted by molar-refractivity contribution is -0.0504. The van der Waals surface area contributed by atoms with E-state index in [0.717, 1.165) is 5.69 Å². The Hall–Kier alpha value is -2.06. The molecule has 2 N–H and O–H groups in total. The number of rotatable bonds is 6. The number of benzene rings is 1. The number of hydrogen-bond acceptors (Lipinski definition) is 3. The maximum absolute atomic E-state index is 12.6. The van der Waals surface area contributed by atoms with Crippen LogP contribution < -0.4 is 15.4 Å². The van der Waals surface area contributed by atoms with Crippen LogP contribution in [0.2, 0.25) is 10.0 Å². The van der Waals surface area contributed by atoms with Gasteiger partial charge in [-0.25, -0.2) is 0 Å². The number of ether oxygens (including phenoxy) is 1. The highest BCUT2D eigenvalue weighted by Gasteiger charge is 2.15. The van der Waals surface area contributed by atoms with Crippen LogP contribution >= 0.6 is 23.2 Å². The van der Waals surface area contributed by atoms with Crippen molar-refractivity contribution < 1.29 is 13.5 Å². The summed E-state index contributed by atoms with van der Waals surface area (Å²) < 4.78 is 31.4. The molecule has 0 aliphatic rings. The highest BCUT2D eigenvalue weighted by Crippen LogP contribution is 2.33. The van der Waals surface area contributed by atoms with Gasteiger partial charge >= 0.3 is 6.61 Å². The van der Waals surface area contributed by atoms with Crippen molar-refractivity contribution in [2.75, 3.05) is 7.05 Å². The molecule has 0 spiro atoms. The number of aryl methyl sites for hydroxylation is 1. The van der Waals surface area contributed by atoms with Crippen LogP contribution in [-0.4, -0.2) is 29.4 Å². The van der Waals surface area contributed by atoms with E-state index in [2.05, 4.69) is 25.5 Å². The normalized spacial score (nSPS) is 11.7. The van der Waals surface area contributed by atoms with Crippen molar-refractivity contribution in [2.24, 2.45) is 12.0 Å². The summed E-state index contributed by atoms with van der Waals surface area (Å²) in [6.07, 6.45) is 1.69. The SMILES string of the molecule is CN=C(NCc1cc(Cl)cc(Cl)c1OC(F)F)NCc1ccnn1C. The van der Waals surface area contributed by atoms with Crippen LogP contribution in [0.1, 0.15) is 11.3 Å². The fourth-order valence-corrected chi connectivity index (χ4v) is 2.69. The van der Waals surface area contributed by atoms with E-state index in [4.69, 9.17) is 23.2 Å². The molecule has 0 fully saturated rings. The molecule has 0 saturated carbocycles. The standard InChI is InChI=1S/C15H17Cl2F2N5O/c1-20-15(22-8-11-3-4-23-24(11)2)21-7-9-5-10(16)6-12(17)13(9)25-14(18)19/h3-6,14H,7-8H2,1-2H3,(H2,20,21,22). The molecule has 0 aliphatic carbocycles. The molecule has 1 heterocycles. The molecule has 1 aromatic carbocycles. The van der Waals surface area contributed by atoms with Crippen molar-refractivity contribution in [3.63, 3.8) is 0 Å². The van der Waals surface area contributed by atoms with Crippen LogP contribution in [-0.2, 0) is 20.1 Å². The maximum Gasteiger partial charge on any atom is 0.387 e. The van der Waals surface area contributed by atoms with Gasteiger partial charge in [-0.15, -0.1) is 0 Å². The Labute approximate surface area is 153 Å². The van der Waals surface area contributed by atoms with Crippen molar-refractivity contribution in [1.82, 2.24) is 20.4 Å². The van der Waals surface area contributed by atoms with Crippen molar-refractivity contribution in [3.8, 4) is 5.75 Å². The summed E-state index contributed by atoms with van der Waals surface area (Å²) in [4.78, 5) is 4.08. The fraction of sp³-hybridized carbons (Fsp3) is 0.333. The molecule has 25 heavy (non-hydrogen) atoms. The zero-order chi connectivity index (χ0) is 18.4. The number of nitrogens with one attached hydrogen (secondary N) is 2. The second-order valence-electron chi connectivity index (χ2n) is 4.98. The number of hydrogen-bond donors (Lipinski definition) is 2. The van der Waals surface area contributed by atoms with E-state index in [-0.39, 0.29) is 17.3 Å². The van der Waals surface area contributed by atoms with Gasteiger partial charge in [-0.3, -0.25) is 9.67 Å². The highest BCUT2D eigenvalue weighted by molar-refractivity contribution is 6.35. The number of aliphatic imine (C=N–C) groups is 1. The Morgan fingerprint density at radius 3 is 2.64 bits per heavy atom. The molecule has 136 valence electrons. The molecule has 2 aromatic rings. The molecule has 1 aromatic heterocycles. The molecule has 10 heteroatoms. The van der Waals surface area contributed by atoms with Gasteiger partial charge in [0.15, 0.2) is 5.96 Å². The lowest BCUT2D eigenvalue weighted by atomic mass is 10.2. The Morgan fingerprint density at radius 1 is 1.32 bits per heavy atom. The molecule has 0 atom stereocenters. The summed E-state index contributed by atoms with van der Waals surface area (Å²) >= 11 is 11.9. The van der Waals surface area contributed by atoms with E-state index >= 15 is 0 Å². The minimum Gasteiger partial charge on any atom is -0.433 e. The molecular formula is C15H17Cl2F2N5O.